The summed E-state index contributed by atoms with van der Waals surface area (Å²) < 4.78 is 21.7. The van der Waals surface area contributed by atoms with Crippen molar-refractivity contribution in [2.45, 2.75) is 53.5 Å². The number of amides is 1. The Kier molecular flexibility index (Phi) is 7.70. The van der Waals surface area contributed by atoms with Gasteiger partial charge < -0.3 is 24.1 Å². The summed E-state index contributed by atoms with van der Waals surface area (Å²) in [7, 11) is 4.64. The normalized spacial score (nSPS) is 13.5. The van der Waals surface area contributed by atoms with Crippen LogP contribution < -0.4 is 19.5 Å². The monoisotopic (exact) mass is 419 g/mol. The van der Waals surface area contributed by atoms with Crippen molar-refractivity contribution in [3.8, 4) is 28.6 Å². The highest BCUT2D eigenvalue weighted by Gasteiger charge is 2.28. The minimum absolute atomic E-state index is 0.0414. The van der Waals surface area contributed by atoms with Crippen molar-refractivity contribution < 1.29 is 23.5 Å². The molecule has 0 spiro atoms. The highest BCUT2D eigenvalue weighted by molar-refractivity contribution is 5.77. The van der Waals surface area contributed by atoms with E-state index in [4.69, 9.17) is 18.7 Å². The minimum Gasteiger partial charge on any atom is -0.493 e. The summed E-state index contributed by atoms with van der Waals surface area (Å²) >= 11 is 0. The molecule has 0 aliphatic rings. The van der Waals surface area contributed by atoms with Gasteiger partial charge in [-0.2, -0.15) is 4.98 Å². The molecule has 2 aromatic rings. The number of aromatic nitrogens is 2. The molecule has 0 saturated heterocycles. The van der Waals surface area contributed by atoms with Crippen LogP contribution in [0.1, 0.15) is 59.4 Å². The number of carbonyl (C=O) groups excluding carboxylic acids is 1. The number of hydrogen-bond acceptors (Lipinski definition) is 7. The predicted octanol–water partition coefficient (Wildman–Crippen LogP) is 4.40. The number of benzene rings is 1. The van der Waals surface area contributed by atoms with Crippen LogP contribution in [0.3, 0.4) is 0 Å². The SMILES string of the molecule is CCC(C)C(NC(=O)CC(C)(C)C)c1nc(-c2cc(OC)c(OC)c(OC)c2)no1. The second kappa shape index (κ2) is 9.82. The lowest BCUT2D eigenvalue weighted by Gasteiger charge is -2.23. The summed E-state index contributed by atoms with van der Waals surface area (Å²) in [4.78, 5) is 17.1. The highest BCUT2D eigenvalue weighted by atomic mass is 16.5. The van der Waals surface area contributed by atoms with E-state index in [1.165, 1.54) is 0 Å². The molecule has 8 heteroatoms. The van der Waals surface area contributed by atoms with E-state index in [9.17, 15) is 4.79 Å². The molecular formula is C22H33N3O5. The Labute approximate surface area is 178 Å². The summed E-state index contributed by atoms with van der Waals surface area (Å²) in [6.45, 7) is 10.2. The smallest absolute Gasteiger partial charge is 0.249 e. The Hall–Kier alpha value is -2.77. The maximum atomic E-state index is 12.5. The molecular weight excluding hydrogens is 386 g/mol. The molecule has 0 bridgehead atoms. The fraction of sp³-hybridized carbons (Fsp3) is 0.591. The third-order valence-corrected chi connectivity index (χ3v) is 4.85. The molecule has 2 rings (SSSR count). The summed E-state index contributed by atoms with van der Waals surface area (Å²) in [5.74, 6) is 2.31. The van der Waals surface area contributed by atoms with E-state index in [0.29, 0.717) is 40.9 Å². The molecule has 30 heavy (non-hydrogen) atoms. The molecule has 1 aromatic carbocycles. The van der Waals surface area contributed by atoms with Crippen molar-refractivity contribution >= 4 is 5.91 Å². The second-order valence-electron chi connectivity index (χ2n) is 8.54. The Morgan fingerprint density at radius 2 is 1.73 bits per heavy atom. The zero-order chi connectivity index (χ0) is 22.5. The third-order valence-electron chi connectivity index (χ3n) is 4.85. The van der Waals surface area contributed by atoms with Crippen molar-refractivity contribution in [1.82, 2.24) is 15.5 Å². The first-order valence-electron chi connectivity index (χ1n) is 10.1. The van der Waals surface area contributed by atoms with Crippen molar-refractivity contribution in [3.05, 3.63) is 18.0 Å². The Balaban J connectivity index is 2.37. The Bertz CT molecular complexity index is 832. The van der Waals surface area contributed by atoms with Gasteiger partial charge in [0.1, 0.15) is 6.04 Å². The summed E-state index contributed by atoms with van der Waals surface area (Å²) in [6, 6.07) is 3.15. The van der Waals surface area contributed by atoms with E-state index in [2.05, 4.69) is 22.4 Å². The van der Waals surface area contributed by atoms with Crippen LogP contribution in [0.25, 0.3) is 11.4 Å². The van der Waals surface area contributed by atoms with E-state index < -0.39 is 0 Å². The van der Waals surface area contributed by atoms with E-state index in [-0.39, 0.29) is 23.3 Å². The fourth-order valence-corrected chi connectivity index (χ4v) is 3.08. The molecule has 0 saturated carbocycles. The topological polar surface area (TPSA) is 95.7 Å². The van der Waals surface area contributed by atoms with Gasteiger partial charge in [-0.15, -0.1) is 0 Å². The van der Waals surface area contributed by atoms with Gasteiger partial charge in [0.25, 0.3) is 0 Å². The first-order chi connectivity index (χ1) is 14.1. The van der Waals surface area contributed by atoms with Crippen LogP contribution in [0.5, 0.6) is 17.2 Å². The van der Waals surface area contributed by atoms with Crippen molar-refractivity contribution in [2.24, 2.45) is 11.3 Å². The summed E-state index contributed by atoms with van der Waals surface area (Å²) in [5.41, 5.74) is 0.545. The van der Waals surface area contributed by atoms with Gasteiger partial charge in [0.15, 0.2) is 11.5 Å². The lowest BCUT2D eigenvalue weighted by atomic mass is 9.91. The number of rotatable bonds is 9. The average Bonchev–Trinajstić information content (AvgIpc) is 3.18. The maximum Gasteiger partial charge on any atom is 0.249 e. The third kappa shape index (κ3) is 5.64. The van der Waals surface area contributed by atoms with Gasteiger partial charge in [-0.1, -0.05) is 46.2 Å². The number of nitrogens with one attached hydrogen (secondary N) is 1. The van der Waals surface area contributed by atoms with Gasteiger partial charge in [-0.25, -0.2) is 0 Å². The molecule has 1 heterocycles. The van der Waals surface area contributed by atoms with Crippen LogP contribution in [0.15, 0.2) is 16.7 Å². The number of ether oxygens (including phenoxy) is 3. The van der Waals surface area contributed by atoms with Gasteiger partial charge >= 0.3 is 0 Å². The second-order valence-corrected chi connectivity index (χ2v) is 8.54. The predicted molar refractivity (Wildman–Crippen MR) is 114 cm³/mol. The fourth-order valence-electron chi connectivity index (χ4n) is 3.08. The average molecular weight is 420 g/mol. The van der Waals surface area contributed by atoms with Gasteiger partial charge in [-0.05, 0) is 23.5 Å². The largest absolute Gasteiger partial charge is 0.493 e. The van der Waals surface area contributed by atoms with Crippen LogP contribution in [-0.4, -0.2) is 37.4 Å². The molecule has 8 nitrogen and oxygen atoms in total. The first-order valence-corrected chi connectivity index (χ1v) is 10.1. The molecule has 0 aliphatic carbocycles. The quantitative estimate of drug-likeness (QED) is 0.643. The van der Waals surface area contributed by atoms with Crippen LogP contribution in [0.2, 0.25) is 0 Å². The molecule has 0 fully saturated rings. The van der Waals surface area contributed by atoms with Gasteiger partial charge in [0, 0.05) is 12.0 Å². The molecule has 166 valence electrons. The van der Waals surface area contributed by atoms with E-state index in [0.717, 1.165) is 6.42 Å². The van der Waals surface area contributed by atoms with Crippen LogP contribution >= 0.6 is 0 Å². The zero-order valence-electron chi connectivity index (χ0n) is 19.2. The van der Waals surface area contributed by atoms with Crippen molar-refractivity contribution in [1.29, 1.82) is 0 Å². The molecule has 0 radical (unpaired) electrons. The number of carbonyl (C=O) groups is 1. The maximum absolute atomic E-state index is 12.5. The molecule has 2 atom stereocenters. The molecule has 1 aromatic heterocycles. The summed E-state index contributed by atoms with van der Waals surface area (Å²) in [5, 5.41) is 7.19. The number of methoxy groups -OCH3 is 3. The van der Waals surface area contributed by atoms with Crippen molar-refractivity contribution in [3.63, 3.8) is 0 Å². The zero-order valence-corrected chi connectivity index (χ0v) is 19.2. The molecule has 1 N–H and O–H groups in total. The highest BCUT2D eigenvalue weighted by Crippen LogP contribution is 2.40. The molecule has 2 unspecified atom stereocenters. The van der Waals surface area contributed by atoms with Crippen LogP contribution in [0, 0.1) is 11.3 Å². The van der Waals surface area contributed by atoms with Crippen molar-refractivity contribution in [2.75, 3.05) is 21.3 Å². The number of nitrogens with zero attached hydrogens (tertiary/aromatic N) is 2. The first kappa shape index (κ1) is 23.5. The molecule has 1 amide bonds. The van der Waals surface area contributed by atoms with Gasteiger partial charge in [0.2, 0.25) is 23.4 Å². The number of hydrogen-bond donors (Lipinski definition) is 1. The van der Waals surface area contributed by atoms with Gasteiger partial charge in [-0.3, -0.25) is 4.79 Å². The lowest BCUT2D eigenvalue weighted by Crippen LogP contribution is -2.34. The summed E-state index contributed by atoms with van der Waals surface area (Å²) in [6.07, 6.45) is 1.26. The Morgan fingerprint density at radius 3 is 2.20 bits per heavy atom. The molecule has 0 aliphatic heterocycles. The lowest BCUT2D eigenvalue weighted by molar-refractivity contribution is -0.124. The van der Waals surface area contributed by atoms with Crippen LogP contribution in [0.4, 0.5) is 0 Å². The van der Waals surface area contributed by atoms with E-state index >= 15 is 0 Å². The Morgan fingerprint density at radius 1 is 1.13 bits per heavy atom. The van der Waals surface area contributed by atoms with Crippen LogP contribution in [-0.2, 0) is 4.79 Å². The van der Waals surface area contributed by atoms with E-state index in [1.807, 2.05) is 27.7 Å². The minimum atomic E-state index is -0.367. The van der Waals surface area contributed by atoms with E-state index in [1.54, 1.807) is 33.5 Å². The van der Waals surface area contributed by atoms with Gasteiger partial charge in [0.05, 0.1) is 21.3 Å². The standard InChI is InChI=1S/C22H33N3O5/c1-9-13(2)18(23-17(26)12-22(3,4)5)21-24-20(25-30-21)14-10-15(27-6)19(29-8)16(11-14)28-7/h10-11,13,18H,9,12H2,1-8H3,(H,23,26).